The third-order valence-electron chi connectivity index (χ3n) is 4.19. The average Bonchev–Trinajstić information content (AvgIpc) is 2.88. The van der Waals surface area contributed by atoms with Crippen molar-refractivity contribution in [1.82, 2.24) is 4.57 Å². The molecule has 4 nitrogen and oxygen atoms in total. The molecule has 0 N–H and O–H groups in total. The number of hydrogen-bond donors (Lipinski definition) is 0. The Morgan fingerprint density at radius 1 is 1.14 bits per heavy atom. The third kappa shape index (κ3) is 2.85. The Balaban J connectivity index is 1.80. The second-order valence-electron chi connectivity index (χ2n) is 5.50. The number of hydrogen-bond acceptors (Lipinski definition) is 3. The Bertz CT molecular complexity index is 566. The highest BCUT2D eigenvalue weighted by atomic mass is 19.4. The lowest BCUT2D eigenvalue weighted by Gasteiger charge is -2.36. The molecule has 0 unspecified atom stereocenters. The molecule has 2 heterocycles. The number of aromatic nitrogens is 1. The Labute approximate surface area is 119 Å². The largest absolute Gasteiger partial charge is 0.417 e. The zero-order valence-electron chi connectivity index (χ0n) is 11.4. The molecule has 21 heavy (non-hydrogen) atoms. The van der Waals surface area contributed by atoms with Gasteiger partial charge in [-0.25, -0.2) is 0 Å². The van der Waals surface area contributed by atoms with Crippen molar-refractivity contribution in [2.75, 3.05) is 13.2 Å². The van der Waals surface area contributed by atoms with E-state index in [-0.39, 0.29) is 6.04 Å². The summed E-state index contributed by atoms with van der Waals surface area (Å²) in [4.78, 5) is 11.8. The van der Waals surface area contributed by atoms with E-state index in [0.29, 0.717) is 38.9 Å². The van der Waals surface area contributed by atoms with Gasteiger partial charge in [0.2, 0.25) is 0 Å². The van der Waals surface area contributed by atoms with Crippen LogP contribution in [0.1, 0.15) is 37.3 Å². The molecule has 1 aliphatic heterocycles. The zero-order valence-corrected chi connectivity index (χ0v) is 11.4. The molecule has 116 valence electrons. The average molecular weight is 303 g/mol. The fourth-order valence-corrected chi connectivity index (χ4v) is 3.06. The third-order valence-corrected chi connectivity index (χ3v) is 4.19. The van der Waals surface area contributed by atoms with Crippen LogP contribution in [0.5, 0.6) is 0 Å². The molecule has 1 spiro atoms. The molecule has 0 bridgehead atoms. The summed E-state index contributed by atoms with van der Waals surface area (Å²) in [6.45, 7) is 1.10. The second kappa shape index (κ2) is 5.14. The lowest BCUT2D eigenvalue weighted by Crippen LogP contribution is -2.38. The normalized spacial score (nSPS) is 22.8. The zero-order chi connectivity index (χ0) is 15.1. The second-order valence-corrected chi connectivity index (χ2v) is 5.50. The van der Waals surface area contributed by atoms with Crippen molar-refractivity contribution >= 4 is 0 Å². The molecular weight excluding hydrogens is 287 g/mol. The molecule has 1 aromatic rings. The van der Waals surface area contributed by atoms with Gasteiger partial charge >= 0.3 is 6.18 Å². The van der Waals surface area contributed by atoms with Crippen molar-refractivity contribution in [2.45, 2.75) is 43.7 Å². The summed E-state index contributed by atoms with van der Waals surface area (Å²) in [6.07, 6.45) is -1.19. The highest BCUT2D eigenvalue weighted by Gasteiger charge is 2.41. The topological polar surface area (TPSA) is 40.5 Å². The van der Waals surface area contributed by atoms with Gasteiger partial charge in [-0.1, -0.05) is 0 Å². The highest BCUT2D eigenvalue weighted by molar-refractivity contribution is 5.14. The summed E-state index contributed by atoms with van der Waals surface area (Å²) in [5.74, 6) is -0.582. The van der Waals surface area contributed by atoms with E-state index in [0.717, 1.165) is 18.3 Å². The maximum absolute atomic E-state index is 12.8. The summed E-state index contributed by atoms with van der Waals surface area (Å²) < 4.78 is 50.6. The first kappa shape index (κ1) is 14.6. The lowest BCUT2D eigenvalue weighted by atomic mass is 9.89. The number of rotatable bonds is 1. The summed E-state index contributed by atoms with van der Waals surface area (Å²) >= 11 is 0. The van der Waals surface area contributed by atoms with E-state index in [4.69, 9.17) is 9.47 Å². The minimum atomic E-state index is -4.44. The van der Waals surface area contributed by atoms with Gasteiger partial charge in [0.25, 0.3) is 5.56 Å². The van der Waals surface area contributed by atoms with E-state index >= 15 is 0 Å². The van der Waals surface area contributed by atoms with E-state index in [1.165, 1.54) is 4.57 Å². The van der Waals surface area contributed by atoms with Crippen molar-refractivity contribution in [3.8, 4) is 0 Å². The van der Waals surface area contributed by atoms with Crippen LogP contribution < -0.4 is 5.56 Å². The molecule has 0 radical (unpaired) electrons. The van der Waals surface area contributed by atoms with Crippen LogP contribution >= 0.6 is 0 Å². The molecule has 2 aliphatic rings. The number of ether oxygens (including phenoxy) is 2. The molecular formula is C14H16F3NO3. The minimum Gasteiger partial charge on any atom is -0.348 e. The molecule has 1 saturated carbocycles. The predicted molar refractivity (Wildman–Crippen MR) is 67.8 cm³/mol. The van der Waals surface area contributed by atoms with E-state index < -0.39 is 23.1 Å². The Kier molecular flexibility index (Phi) is 3.57. The predicted octanol–water partition coefficient (Wildman–Crippen LogP) is 2.73. The first-order chi connectivity index (χ1) is 9.90. The summed E-state index contributed by atoms with van der Waals surface area (Å²) in [5.41, 5.74) is -1.20. The quantitative estimate of drug-likeness (QED) is 0.801. The minimum absolute atomic E-state index is 0.238. The maximum atomic E-state index is 12.8. The monoisotopic (exact) mass is 303 g/mol. The molecule has 7 heteroatoms. The van der Waals surface area contributed by atoms with Crippen LogP contribution in [0.2, 0.25) is 0 Å². The number of nitrogens with zero attached hydrogens (tertiary/aromatic N) is 1. The fourth-order valence-electron chi connectivity index (χ4n) is 3.06. The fraction of sp³-hybridized carbons (Fsp3) is 0.643. The van der Waals surface area contributed by atoms with Crippen LogP contribution in [0.15, 0.2) is 23.1 Å². The van der Waals surface area contributed by atoms with Gasteiger partial charge in [-0.2, -0.15) is 13.2 Å². The summed E-state index contributed by atoms with van der Waals surface area (Å²) in [7, 11) is 0. The van der Waals surface area contributed by atoms with E-state index in [2.05, 4.69) is 0 Å². The first-order valence-electron chi connectivity index (χ1n) is 6.97. The smallest absolute Gasteiger partial charge is 0.348 e. The van der Waals surface area contributed by atoms with Crippen LogP contribution in [0.3, 0.4) is 0 Å². The number of pyridine rings is 1. The highest BCUT2D eigenvalue weighted by Crippen LogP contribution is 2.40. The molecule has 0 atom stereocenters. The maximum Gasteiger partial charge on any atom is 0.417 e. The van der Waals surface area contributed by atoms with E-state index in [1.807, 2.05) is 0 Å². The molecule has 1 aliphatic carbocycles. The standard InChI is InChI=1S/C14H16F3NO3/c15-14(16,17)10-1-2-12(19)18(9-10)11-3-5-13(6-4-11)20-7-8-21-13/h1-2,9,11H,3-8H2. The first-order valence-corrected chi connectivity index (χ1v) is 6.97. The molecule has 1 aromatic heterocycles. The lowest BCUT2D eigenvalue weighted by molar-refractivity contribution is -0.181. The van der Waals surface area contributed by atoms with Gasteiger partial charge in [0.05, 0.1) is 18.8 Å². The van der Waals surface area contributed by atoms with E-state index in [9.17, 15) is 18.0 Å². The van der Waals surface area contributed by atoms with Gasteiger partial charge in [0.15, 0.2) is 5.79 Å². The van der Waals surface area contributed by atoms with Gasteiger partial charge < -0.3 is 14.0 Å². The molecule has 3 rings (SSSR count). The van der Waals surface area contributed by atoms with Crippen LogP contribution in [-0.4, -0.2) is 23.6 Å². The van der Waals surface area contributed by atoms with Crippen molar-refractivity contribution in [3.05, 3.63) is 34.2 Å². The van der Waals surface area contributed by atoms with Gasteiger partial charge in [0, 0.05) is 31.1 Å². The van der Waals surface area contributed by atoms with Crippen molar-refractivity contribution in [1.29, 1.82) is 0 Å². The van der Waals surface area contributed by atoms with Crippen molar-refractivity contribution < 1.29 is 22.6 Å². The van der Waals surface area contributed by atoms with Crippen LogP contribution in [-0.2, 0) is 15.7 Å². The van der Waals surface area contributed by atoms with Crippen LogP contribution in [0.4, 0.5) is 13.2 Å². The van der Waals surface area contributed by atoms with E-state index in [1.54, 1.807) is 0 Å². The summed E-state index contributed by atoms with van der Waals surface area (Å²) in [5, 5.41) is 0. The van der Waals surface area contributed by atoms with Gasteiger partial charge in [0.1, 0.15) is 0 Å². The Hall–Kier alpha value is -1.34. The molecule has 1 saturated heterocycles. The summed E-state index contributed by atoms with van der Waals surface area (Å²) in [6, 6.07) is 1.57. The number of halogens is 3. The van der Waals surface area contributed by atoms with Crippen LogP contribution in [0.25, 0.3) is 0 Å². The van der Waals surface area contributed by atoms with Crippen LogP contribution in [0, 0.1) is 0 Å². The van der Waals surface area contributed by atoms with Crippen molar-refractivity contribution in [3.63, 3.8) is 0 Å². The molecule has 0 aromatic carbocycles. The molecule has 2 fully saturated rings. The van der Waals surface area contributed by atoms with Gasteiger partial charge in [-0.05, 0) is 18.9 Å². The SMILES string of the molecule is O=c1ccc(C(F)(F)F)cn1C1CCC2(CC1)OCCO2. The molecule has 0 amide bonds. The van der Waals surface area contributed by atoms with Gasteiger partial charge in [-0.15, -0.1) is 0 Å². The Morgan fingerprint density at radius 3 is 2.33 bits per heavy atom. The Morgan fingerprint density at radius 2 is 1.76 bits per heavy atom. The number of alkyl halides is 3. The van der Waals surface area contributed by atoms with Crippen molar-refractivity contribution in [2.24, 2.45) is 0 Å². The van der Waals surface area contributed by atoms with Gasteiger partial charge in [-0.3, -0.25) is 4.79 Å².